The van der Waals surface area contributed by atoms with E-state index in [4.69, 9.17) is 0 Å². The second-order valence-corrected chi connectivity index (χ2v) is 5.87. The van der Waals surface area contributed by atoms with Crippen LogP contribution in [0.25, 0.3) is 0 Å². The Hall–Kier alpha value is -0.640. The number of halogens is 1. The Morgan fingerprint density at radius 1 is 1.11 bits per heavy atom. The Balaban J connectivity index is 2.74. The van der Waals surface area contributed by atoms with Crippen molar-refractivity contribution in [2.45, 2.75) is 59.3 Å². The van der Waals surface area contributed by atoms with Gasteiger partial charge >= 0.3 is 0 Å². The molecule has 0 spiro atoms. The minimum atomic E-state index is -1.38. The molecule has 4 heteroatoms. The average molecular weight is 258 g/mol. The molecule has 0 aliphatic carbocycles. The first kappa shape index (κ1) is 15.4. The second kappa shape index (κ2) is 6.50. The zero-order valence-electron chi connectivity index (χ0n) is 12.3. The molecule has 2 atom stereocenters. The molecule has 0 radical (unpaired) electrons. The lowest BCUT2D eigenvalue weighted by Crippen LogP contribution is -2.44. The maximum absolute atomic E-state index is 13.1. The molecule has 0 aromatic carbocycles. The largest absolute Gasteiger partial charge is 0.339 e. The van der Waals surface area contributed by atoms with Crippen molar-refractivity contribution in [2.24, 2.45) is 5.92 Å². The van der Waals surface area contributed by atoms with Crippen LogP contribution >= 0.6 is 0 Å². The fourth-order valence-electron chi connectivity index (χ4n) is 2.80. The number of hydrogen-bond donors (Lipinski definition) is 0. The molecule has 1 saturated heterocycles. The summed E-state index contributed by atoms with van der Waals surface area (Å²) >= 11 is 0. The lowest BCUT2D eigenvalue weighted by molar-refractivity contribution is -0.135. The van der Waals surface area contributed by atoms with Crippen molar-refractivity contribution in [3.63, 3.8) is 0 Å². The van der Waals surface area contributed by atoms with Crippen LogP contribution in [-0.2, 0) is 4.79 Å². The highest BCUT2D eigenvalue weighted by Crippen LogP contribution is 2.21. The average Bonchev–Trinajstić information content (AvgIpc) is 2.49. The van der Waals surface area contributed by atoms with Crippen molar-refractivity contribution in [1.82, 2.24) is 9.80 Å². The Labute approximate surface area is 110 Å². The van der Waals surface area contributed by atoms with Crippen molar-refractivity contribution in [2.75, 3.05) is 19.6 Å². The molecule has 0 saturated carbocycles. The highest BCUT2D eigenvalue weighted by molar-refractivity contribution is 5.80. The SMILES string of the molecule is CC(F)C(=O)N1CCC(C(C)C)N(C(C)C)CC1. The smallest absolute Gasteiger partial charge is 0.256 e. The van der Waals surface area contributed by atoms with E-state index in [9.17, 15) is 9.18 Å². The maximum Gasteiger partial charge on any atom is 0.256 e. The predicted molar refractivity (Wildman–Crippen MR) is 72.2 cm³/mol. The van der Waals surface area contributed by atoms with Gasteiger partial charge in [-0.2, -0.15) is 0 Å². The van der Waals surface area contributed by atoms with Gasteiger partial charge in [0, 0.05) is 31.7 Å². The van der Waals surface area contributed by atoms with Gasteiger partial charge in [0.05, 0.1) is 0 Å². The first-order valence-corrected chi connectivity index (χ1v) is 7.03. The molecule has 1 heterocycles. The first-order valence-electron chi connectivity index (χ1n) is 7.03. The molecule has 0 aromatic heterocycles. The van der Waals surface area contributed by atoms with Gasteiger partial charge in [-0.05, 0) is 33.1 Å². The van der Waals surface area contributed by atoms with E-state index in [0.717, 1.165) is 13.0 Å². The van der Waals surface area contributed by atoms with Crippen LogP contribution in [0.2, 0.25) is 0 Å². The molecular weight excluding hydrogens is 231 g/mol. The van der Waals surface area contributed by atoms with Crippen molar-refractivity contribution in [3.8, 4) is 0 Å². The van der Waals surface area contributed by atoms with Crippen LogP contribution in [0.15, 0.2) is 0 Å². The minimum absolute atomic E-state index is 0.358. The maximum atomic E-state index is 13.1. The van der Waals surface area contributed by atoms with E-state index in [1.165, 1.54) is 6.92 Å². The number of hydrogen-bond acceptors (Lipinski definition) is 2. The topological polar surface area (TPSA) is 23.6 Å². The third kappa shape index (κ3) is 3.67. The fourth-order valence-corrected chi connectivity index (χ4v) is 2.80. The molecule has 1 fully saturated rings. The monoisotopic (exact) mass is 258 g/mol. The van der Waals surface area contributed by atoms with Crippen LogP contribution in [-0.4, -0.2) is 53.6 Å². The van der Waals surface area contributed by atoms with Crippen LogP contribution in [0.5, 0.6) is 0 Å². The number of alkyl halides is 1. The molecule has 0 N–H and O–H groups in total. The molecule has 1 amide bonds. The van der Waals surface area contributed by atoms with Crippen LogP contribution in [0, 0.1) is 5.92 Å². The molecule has 106 valence electrons. The molecule has 3 nitrogen and oxygen atoms in total. The molecule has 1 aliphatic rings. The van der Waals surface area contributed by atoms with Gasteiger partial charge in [0.2, 0.25) is 0 Å². The Morgan fingerprint density at radius 2 is 1.72 bits per heavy atom. The summed E-state index contributed by atoms with van der Waals surface area (Å²) in [5.74, 6) is 0.202. The fraction of sp³-hybridized carbons (Fsp3) is 0.929. The number of carbonyl (C=O) groups excluding carboxylic acids is 1. The number of rotatable bonds is 3. The second-order valence-electron chi connectivity index (χ2n) is 5.87. The van der Waals surface area contributed by atoms with E-state index in [-0.39, 0.29) is 5.91 Å². The predicted octanol–water partition coefficient (Wildman–Crippen LogP) is 2.31. The molecule has 1 rings (SSSR count). The summed E-state index contributed by atoms with van der Waals surface area (Å²) in [6.07, 6.45) is -0.443. The van der Waals surface area contributed by atoms with Gasteiger partial charge in [-0.3, -0.25) is 9.69 Å². The van der Waals surface area contributed by atoms with Gasteiger partial charge < -0.3 is 4.90 Å². The standard InChI is InChI=1S/C14H27FN2O/c1-10(2)13-6-7-16(14(18)12(5)15)8-9-17(13)11(3)4/h10-13H,6-9H2,1-5H3. The number of amides is 1. The zero-order valence-corrected chi connectivity index (χ0v) is 12.3. The van der Waals surface area contributed by atoms with Crippen molar-refractivity contribution in [3.05, 3.63) is 0 Å². The Bertz CT molecular complexity index is 261. The van der Waals surface area contributed by atoms with Crippen LogP contribution < -0.4 is 0 Å². The van der Waals surface area contributed by atoms with E-state index < -0.39 is 6.17 Å². The van der Waals surface area contributed by atoms with E-state index in [2.05, 4.69) is 32.6 Å². The van der Waals surface area contributed by atoms with Crippen molar-refractivity contribution < 1.29 is 9.18 Å². The van der Waals surface area contributed by atoms with E-state index in [1.807, 2.05) is 0 Å². The van der Waals surface area contributed by atoms with Crippen LogP contribution in [0.3, 0.4) is 0 Å². The zero-order chi connectivity index (χ0) is 13.9. The van der Waals surface area contributed by atoms with Crippen molar-refractivity contribution >= 4 is 5.91 Å². The highest BCUT2D eigenvalue weighted by atomic mass is 19.1. The van der Waals surface area contributed by atoms with Gasteiger partial charge in [0.1, 0.15) is 0 Å². The molecule has 1 aliphatic heterocycles. The highest BCUT2D eigenvalue weighted by Gasteiger charge is 2.30. The normalized spacial score (nSPS) is 24.4. The van der Waals surface area contributed by atoms with Crippen molar-refractivity contribution in [1.29, 1.82) is 0 Å². The van der Waals surface area contributed by atoms with Gasteiger partial charge in [-0.1, -0.05) is 13.8 Å². The molecule has 2 unspecified atom stereocenters. The third-order valence-corrected chi connectivity index (χ3v) is 3.83. The molecular formula is C14H27FN2O. The summed E-state index contributed by atoms with van der Waals surface area (Å²) in [5.41, 5.74) is 0. The van der Waals surface area contributed by atoms with Gasteiger partial charge in [0.15, 0.2) is 6.17 Å². The van der Waals surface area contributed by atoms with Crippen LogP contribution in [0.4, 0.5) is 4.39 Å². The van der Waals surface area contributed by atoms with Gasteiger partial charge in [-0.15, -0.1) is 0 Å². The van der Waals surface area contributed by atoms with Gasteiger partial charge in [0.25, 0.3) is 5.91 Å². The summed E-state index contributed by atoms with van der Waals surface area (Å²) in [6, 6.07) is 0.952. The molecule has 0 bridgehead atoms. The Kier molecular flexibility index (Phi) is 5.57. The number of carbonyl (C=O) groups is 1. The summed E-state index contributed by atoms with van der Waals surface area (Å²) in [4.78, 5) is 15.9. The van der Waals surface area contributed by atoms with E-state index in [0.29, 0.717) is 31.1 Å². The summed E-state index contributed by atoms with van der Waals surface area (Å²) in [7, 11) is 0. The quantitative estimate of drug-likeness (QED) is 0.775. The van der Waals surface area contributed by atoms with E-state index in [1.54, 1.807) is 4.90 Å². The molecule has 0 aromatic rings. The number of nitrogens with zero attached hydrogens (tertiary/aromatic N) is 2. The first-order chi connectivity index (χ1) is 8.34. The van der Waals surface area contributed by atoms with Gasteiger partial charge in [-0.25, -0.2) is 4.39 Å². The lowest BCUT2D eigenvalue weighted by atomic mass is 9.98. The Morgan fingerprint density at radius 3 is 2.17 bits per heavy atom. The lowest BCUT2D eigenvalue weighted by Gasteiger charge is -2.35. The van der Waals surface area contributed by atoms with E-state index >= 15 is 0 Å². The summed E-state index contributed by atoms with van der Waals surface area (Å²) in [6.45, 7) is 12.3. The summed E-state index contributed by atoms with van der Waals surface area (Å²) in [5, 5.41) is 0. The third-order valence-electron chi connectivity index (χ3n) is 3.83. The minimum Gasteiger partial charge on any atom is -0.339 e. The summed E-state index contributed by atoms with van der Waals surface area (Å²) < 4.78 is 13.1. The van der Waals surface area contributed by atoms with Crippen LogP contribution in [0.1, 0.15) is 41.0 Å². The molecule has 18 heavy (non-hydrogen) atoms.